The second-order valence-electron chi connectivity index (χ2n) is 4.38. The van der Waals surface area contributed by atoms with Crippen LogP contribution in [0.5, 0.6) is 0 Å². The Balaban J connectivity index is 4.96. The predicted octanol–water partition coefficient (Wildman–Crippen LogP) is 4.14. The molecule has 0 aliphatic rings. The quantitative estimate of drug-likeness (QED) is 0.512. The zero-order chi connectivity index (χ0) is 9.94. The third kappa shape index (κ3) is 2.84. The molecule has 0 aliphatic heterocycles. The van der Waals surface area contributed by atoms with Crippen LogP contribution in [0.4, 0.5) is 0 Å². The monoisotopic (exact) mass is 165 g/mol. The number of rotatable bonds is 1. The maximum absolute atomic E-state index is 3.18. The summed E-state index contributed by atoms with van der Waals surface area (Å²) in [7, 11) is 0. The van der Waals surface area contributed by atoms with Crippen molar-refractivity contribution in [2.24, 2.45) is 5.41 Å². The van der Waals surface area contributed by atoms with Gasteiger partial charge in [-0.1, -0.05) is 26.3 Å². The van der Waals surface area contributed by atoms with Crippen LogP contribution < -0.4 is 0 Å². The molecule has 0 bridgehead atoms. The lowest BCUT2D eigenvalue weighted by atomic mass is 9.83. The van der Waals surface area contributed by atoms with Crippen LogP contribution in [0.2, 0.25) is 0 Å². The highest BCUT2D eigenvalue weighted by molar-refractivity contribution is 5.31. The van der Waals surface area contributed by atoms with Gasteiger partial charge in [-0.05, 0) is 50.3 Å². The van der Waals surface area contributed by atoms with Crippen LogP contribution in [0.15, 0.2) is 16.7 Å². The van der Waals surface area contributed by atoms with Crippen LogP contribution in [-0.4, -0.2) is 0 Å². The van der Waals surface area contributed by atoms with Gasteiger partial charge in [0.2, 0.25) is 0 Å². The summed E-state index contributed by atoms with van der Waals surface area (Å²) in [4.78, 5) is 0. The van der Waals surface area contributed by atoms with Gasteiger partial charge in [0.25, 0.3) is 0 Å². The summed E-state index contributed by atoms with van der Waals surface area (Å²) in [5.41, 5.74) is 4.38. The lowest BCUT2D eigenvalue weighted by molar-refractivity contribution is 0.499. The van der Waals surface area contributed by atoms with Crippen LogP contribution in [0.3, 0.4) is 0 Å². The Morgan fingerprint density at radius 2 is 1.42 bits per heavy atom. The van der Waals surface area contributed by atoms with Gasteiger partial charge in [0.15, 0.2) is 0 Å². The molecular formula is C12H21. The molecule has 69 valence electrons. The molecule has 0 heterocycles. The molecule has 0 saturated carbocycles. The van der Waals surface area contributed by atoms with Crippen molar-refractivity contribution >= 4 is 0 Å². The molecule has 0 N–H and O–H groups in total. The van der Waals surface area contributed by atoms with Gasteiger partial charge in [0.1, 0.15) is 0 Å². The molecule has 0 aromatic rings. The van der Waals surface area contributed by atoms with Gasteiger partial charge in [-0.25, -0.2) is 0 Å². The van der Waals surface area contributed by atoms with Crippen molar-refractivity contribution in [3.63, 3.8) is 0 Å². The van der Waals surface area contributed by atoms with E-state index in [4.69, 9.17) is 0 Å². The third-order valence-electron chi connectivity index (χ3n) is 2.62. The fourth-order valence-corrected chi connectivity index (χ4v) is 1.03. The molecule has 0 aromatic heterocycles. The first-order valence-electron chi connectivity index (χ1n) is 4.50. The Labute approximate surface area is 77.4 Å². The third-order valence-corrected chi connectivity index (χ3v) is 2.62. The van der Waals surface area contributed by atoms with Crippen LogP contribution in [0.25, 0.3) is 0 Å². The first-order valence-corrected chi connectivity index (χ1v) is 4.50. The maximum Gasteiger partial charge on any atom is -0.0170 e. The first-order chi connectivity index (χ1) is 5.30. The highest BCUT2D eigenvalue weighted by Crippen LogP contribution is 2.29. The molecule has 0 aromatic carbocycles. The topological polar surface area (TPSA) is 0 Å². The zero-order valence-corrected chi connectivity index (χ0v) is 9.50. The van der Waals surface area contributed by atoms with Gasteiger partial charge in [-0.2, -0.15) is 0 Å². The second kappa shape index (κ2) is 3.93. The molecule has 0 heteroatoms. The molecule has 0 atom stereocenters. The van der Waals surface area contributed by atoms with E-state index in [2.05, 4.69) is 47.6 Å². The van der Waals surface area contributed by atoms with Crippen LogP contribution in [-0.2, 0) is 0 Å². The number of hydrogen-bond acceptors (Lipinski definition) is 0. The van der Waals surface area contributed by atoms with Gasteiger partial charge in [0.05, 0.1) is 0 Å². The minimum absolute atomic E-state index is 0.280. The smallest absolute Gasteiger partial charge is 0.0170 e. The van der Waals surface area contributed by atoms with E-state index >= 15 is 0 Å². The SMILES string of the molecule is C/[C]=C(C)\C(C)=C(/C)C(C)(C)C. The summed E-state index contributed by atoms with van der Waals surface area (Å²) in [6.45, 7) is 15.2. The van der Waals surface area contributed by atoms with E-state index < -0.39 is 0 Å². The van der Waals surface area contributed by atoms with Crippen LogP contribution in [0.1, 0.15) is 48.5 Å². The average Bonchev–Trinajstić information content (AvgIpc) is 1.98. The molecule has 0 unspecified atom stereocenters. The van der Waals surface area contributed by atoms with Crippen molar-refractivity contribution in [3.05, 3.63) is 22.8 Å². The average molecular weight is 165 g/mol. The van der Waals surface area contributed by atoms with Crippen molar-refractivity contribution in [2.45, 2.75) is 48.5 Å². The van der Waals surface area contributed by atoms with E-state index in [1.165, 1.54) is 16.7 Å². The van der Waals surface area contributed by atoms with E-state index in [0.717, 1.165) is 0 Å². The fourth-order valence-electron chi connectivity index (χ4n) is 1.03. The van der Waals surface area contributed by atoms with Crippen molar-refractivity contribution in [1.82, 2.24) is 0 Å². The van der Waals surface area contributed by atoms with Gasteiger partial charge < -0.3 is 0 Å². The second-order valence-corrected chi connectivity index (χ2v) is 4.38. The number of allylic oxidation sites excluding steroid dienone is 4. The van der Waals surface area contributed by atoms with Crippen molar-refractivity contribution in [3.8, 4) is 0 Å². The summed E-state index contributed by atoms with van der Waals surface area (Å²) in [6.07, 6.45) is 3.18. The standard InChI is InChI=1S/C12H21/c1-8-9(2)10(3)11(4)12(5,6)7/h1-7H3/b9-8?,11-10+. The summed E-state index contributed by atoms with van der Waals surface area (Å²) >= 11 is 0. The highest BCUT2D eigenvalue weighted by atomic mass is 14.2. The summed E-state index contributed by atoms with van der Waals surface area (Å²) in [5, 5.41) is 0. The van der Waals surface area contributed by atoms with Crippen molar-refractivity contribution in [1.29, 1.82) is 0 Å². The molecule has 0 spiro atoms. The molecular weight excluding hydrogens is 144 g/mol. The Hall–Kier alpha value is -0.520. The predicted molar refractivity (Wildman–Crippen MR) is 55.9 cm³/mol. The Morgan fingerprint density at radius 1 is 1.00 bits per heavy atom. The van der Waals surface area contributed by atoms with E-state index in [1.807, 2.05) is 6.92 Å². The minimum atomic E-state index is 0.280. The number of hydrogen-bond donors (Lipinski definition) is 0. The van der Waals surface area contributed by atoms with Crippen LogP contribution in [0, 0.1) is 11.5 Å². The minimum Gasteiger partial charge on any atom is -0.0648 e. The lowest BCUT2D eigenvalue weighted by Gasteiger charge is -2.22. The molecule has 12 heavy (non-hydrogen) atoms. The van der Waals surface area contributed by atoms with E-state index in [-0.39, 0.29) is 5.41 Å². The van der Waals surface area contributed by atoms with Crippen LogP contribution >= 0.6 is 0 Å². The molecule has 0 amide bonds. The summed E-state index contributed by atoms with van der Waals surface area (Å²) < 4.78 is 0. The van der Waals surface area contributed by atoms with E-state index in [9.17, 15) is 0 Å². The van der Waals surface area contributed by atoms with Gasteiger partial charge in [0, 0.05) is 0 Å². The van der Waals surface area contributed by atoms with Crippen molar-refractivity contribution < 1.29 is 0 Å². The van der Waals surface area contributed by atoms with Gasteiger partial charge in [-0.3, -0.25) is 0 Å². The van der Waals surface area contributed by atoms with E-state index in [0.29, 0.717) is 0 Å². The molecule has 0 fully saturated rings. The van der Waals surface area contributed by atoms with Crippen molar-refractivity contribution in [2.75, 3.05) is 0 Å². The summed E-state index contributed by atoms with van der Waals surface area (Å²) in [6, 6.07) is 0. The highest BCUT2D eigenvalue weighted by Gasteiger charge is 2.15. The first kappa shape index (κ1) is 11.5. The molecule has 1 radical (unpaired) electrons. The zero-order valence-electron chi connectivity index (χ0n) is 9.50. The molecule has 0 rings (SSSR count). The lowest BCUT2D eigenvalue weighted by Crippen LogP contribution is -2.08. The Morgan fingerprint density at radius 3 is 1.67 bits per heavy atom. The molecule has 0 nitrogen and oxygen atoms in total. The van der Waals surface area contributed by atoms with E-state index in [1.54, 1.807) is 0 Å². The Bertz CT molecular complexity index is 209. The largest absolute Gasteiger partial charge is 0.0648 e. The molecule has 0 saturated heterocycles. The van der Waals surface area contributed by atoms with Gasteiger partial charge >= 0.3 is 0 Å². The normalized spacial score (nSPS) is 16.1. The fraction of sp³-hybridized carbons (Fsp3) is 0.667. The molecule has 0 aliphatic carbocycles. The summed E-state index contributed by atoms with van der Waals surface area (Å²) in [5.74, 6) is 0. The van der Waals surface area contributed by atoms with Gasteiger partial charge in [-0.15, -0.1) is 0 Å². The Kier molecular flexibility index (Phi) is 3.76. The maximum atomic E-state index is 3.18.